The summed E-state index contributed by atoms with van der Waals surface area (Å²) in [5.41, 5.74) is 2.38. The van der Waals surface area contributed by atoms with Gasteiger partial charge in [-0.3, -0.25) is 9.71 Å². The second-order valence-corrected chi connectivity index (χ2v) is 7.85. The number of anilines is 1. The van der Waals surface area contributed by atoms with Crippen molar-refractivity contribution in [1.82, 2.24) is 10.3 Å². The smallest absolute Gasteiger partial charge is 0.271 e. The van der Waals surface area contributed by atoms with E-state index in [4.69, 9.17) is 0 Å². The Balaban J connectivity index is 2.23. The molecule has 2 aromatic heterocycles. The molecule has 0 bridgehead atoms. The van der Waals surface area contributed by atoms with E-state index in [1.807, 2.05) is 20.8 Å². The Hall–Kier alpha value is -1.44. The molecule has 7 heteroatoms. The Morgan fingerprint density at radius 1 is 1.24 bits per heavy atom. The number of hydrogen-bond donors (Lipinski definition) is 2. The molecule has 0 amide bonds. The van der Waals surface area contributed by atoms with E-state index >= 15 is 0 Å². The first kappa shape index (κ1) is 15.9. The second-order valence-electron chi connectivity index (χ2n) is 4.81. The predicted molar refractivity (Wildman–Crippen MR) is 86.2 cm³/mol. The number of thiophene rings is 1. The van der Waals surface area contributed by atoms with Crippen LogP contribution in [0.4, 0.5) is 5.69 Å². The normalized spacial score (nSPS) is 11.6. The van der Waals surface area contributed by atoms with Gasteiger partial charge in [-0.2, -0.15) is 0 Å². The van der Waals surface area contributed by atoms with E-state index in [2.05, 4.69) is 15.0 Å². The molecule has 0 radical (unpaired) electrons. The summed E-state index contributed by atoms with van der Waals surface area (Å²) in [7, 11) is -3.56. The van der Waals surface area contributed by atoms with Crippen LogP contribution in [0.1, 0.15) is 22.9 Å². The van der Waals surface area contributed by atoms with Crippen molar-refractivity contribution in [2.75, 3.05) is 11.3 Å². The van der Waals surface area contributed by atoms with Crippen molar-refractivity contribution in [2.45, 2.75) is 31.5 Å². The van der Waals surface area contributed by atoms with Crippen LogP contribution in [0.15, 0.2) is 28.7 Å². The summed E-state index contributed by atoms with van der Waals surface area (Å²) in [4.78, 5) is 5.03. The molecule has 0 aliphatic carbocycles. The van der Waals surface area contributed by atoms with Gasteiger partial charge in [-0.05, 0) is 43.7 Å². The lowest BCUT2D eigenvalue weighted by atomic mass is 10.3. The van der Waals surface area contributed by atoms with E-state index in [0.717, 1.165) is 22.5 Å². The van der Waals surface area contributed by atoms with Gasteiger partial charge in [0.2, 0.25) is 0 Å². The van der Waals surface area contributed by atoms with Gasteiger partial charge in [0.15, 0.2) is 0 Å². The second kappa shape index (κ2) is 6.55. The van der Waals surface area contributed by atoms with Gasteiger partial charge in [-0.1, -0.05) is 6.92 Å². The van der Waals surface area contributed by atoms with Crippen LogP contribution in [0.3, 0.4) is 0 Å². The van der Waals surface area contributed by atoms with Crippen LogP contribution in [-0.2, 0) is 16.6 Å². The summed E-state index contributed by atoms with van der Waals surface area (Å²) in [5.74, 6) is 0. The molecule has 0 aliphatic rings. The average molecular weight is 325 g/mol. The molecule has 0 atom stereocenters. The van der Waals surface area contributed by atoms with Crippen LogP contribution in [0.5, 0.6) is 0 Å². The molecule has 2 rings (SSSR count). The Morgan fingerprint density at radius 2 is 2.00 bits per heavy atom. The van der Waals surface area contributed by atoms with Crippen molar-refractivity contribution in [3.63, 3.8) is 0 Å². The van der Waals surface area contributed by atoms with Crippen LogP contribution in [-0.4, -0.2) is 19.9 Å². The van der Waals surface area contributed by atoms with Crippen LogP contribution in [0.2, 0.25) is 0 Å². The number of rotatable bonds is 6. The number of nitrogens with one attached hydrogen (secondary N) is 2. The SMILES string of the molecule is CCNCc1sc(S(=O)(=O)Nc2cncc(C)c2)cc1C. The van der Waals surface area contributed by atoms with Gasteiger partial charge in [-0.25, -0.2) is 8.42 Å². The molecule has 0 fully saturated rings. The maximum atomic E-state index is 12.4. The van der Waals surface area contributed by atoms with Gasteiger partial charge in [0, 0.05) is 17.6 Å². The molecule has 0 aliphatic heterocycles. The van der Waals surface area contributed by atoms with Crippen molar-refractivity contribution >= 4 is 27.0 Å². The third-order valence-electron chi connectivity index (χ3n) is 2.93. The molecular weight excluding hydrogens is 306 g/mol. The van der Waals surface area contributed by atoms with Gasteiger partial charge in [0.1, 0.15) is 4.21 Å². The number of nitrogens with zero attached hydrogens (tertiary/aromatic N) is 1. The van der Waals surface area contributed by atoms with Crippen molar-refractivity contribution < 1.29 is 8.42 Å². The first-order valence-electron chi connectivity index (χ1n) is 6.67. The fourth-order valence-electron chi connectivity index (χ4n) is 1.85. The topological polar surface area (TPSA) is 71.1 Å². The van der Waals surface area contributed by atoms with Crippen LogP contribution in [0, 0.1) is 13.8 Å². The fourth-order valence-corrected chi connectivity index (χ4v) is 4.44. The molecule has 2 heterocycles. The van der Waals surface area contributed by atoms with Crippen molar-refractivity contribution in [3.8, 4) is 0 Å². The number of aromatic nitrogens is 1. The molecule has 0 saturated carbocycles. The van der Waals surface area contributed by atoms with E-state index in [1.165, 1.54) is 17.5 Å². The van der Waals surface area contributed by atoms with E-state index in [9.17, 15) is 8.42 Å². The van der Waals surface area contributed by atoms with Gasteiger partial charge in [0.25, 0.3) is 10.0 Å². The number of hydrogen-bond acceptors (Lipinski definition) is 5. The molecule has 2 aromatic rings. The predicted octanol–water partition coefficient (Wildman–Crippen LogP) is 2.67. The third kappa shape index (κ3) is 4.03. The Morgan fingerprint density at radius 3 is 2.67 bits per heavy atom. The highest BCUT2D eigenvalue weighted by Gasteiger charge is 2.19. The average Bonchev–Trinajstić information content (AvgIpc) is 2.78. The zero-order valence-corrected chi connectivity index (χ0v) is 13.9. The highest BCUT2D eigenvalue weighted by atomic mass is 32.2. The van der Waals surface area contributed by atoms with E-state index < -0.39 is 10.0 Å². The first-order chi connectivity index (χ1) is 9.92. The molecular formula is C14H19N3O2S2. The zero-order chi connectivity index (χ0) is 15.5. The van der Waals surface area contributed by atoms with Crippen molar-refractivity contribution in [3.05, 3.63) is 40.5 Å². The summed E-state index contributed by atoms with van der Waals surface area (Å²) in [6, 6.07) is 3.47. The quantitative estimate of drug-likeness (QED) is 0.856. The largest absolute Gasteiger partial charge is 0.312 e. The molecule has 21 heavy (non-hydrogen) atoms. The van der Waals surface area contributed by atoms with E-state index in [1.54, 1.807) is 18.3 Å². The molecule has 0 aromatic carbocycles. The summed E-state index contributed by atoms with van der Waals surface area (Å²) in [6.07, 6.45) is 3.19. The molecule has 5 nitrogen and oxygen atoms in total. The number of sulfonamides is 1. The Labute approximate surface area is 129 Å². The minimum Gasteiger partial charge on any atom is -0.312 e. The number of aryl methyl sites for hydroxylation is 2. The fraction of sp³-hybridized carbons (Fsp3) is 0.357. The summed E-state index contributed by atoms with van der Waals surface area (Å²) in [6.45, 7) is 7.36. The van der Waals surface area contributed by atoms with Crippen molar-refractivity contribution in [1.29, 1.82) is 0 Å². The zero-order valence-electron chi connectivity index (χ0n) is 12.3. The summed E-state index contributed by atoms with van der Waals surface area (Å²) < 4.78 is 27.7. The third-order valence-corrected chi connectivity index (χ3v) is 6.02. The van der Waals surface area contributed by atoms with Crippen LogP contribution in [0.25, 0.3) is 0 Å². The van der Waals surface area contributed by atoms with E-state index in [-0.39, 0.29) is 0 Å². The maximum Gasteiger partial charge on any atom is 0.271 e. The monoisotopic (exact) mass is 325 g/mol. The Bertz CT molecular complexity index is 724. The highest BCUT2D eigenvalue weighted by molar-refractivity contribution is 7.94. The standard InChI is InChI=1S/C14H19N3O2S2/c1-4-15-9-13-11(3)6-14(20-13)21(18,19)17-12-5-10(2)7-16-8-12/h5-8,15,17H,4,9H2,1-3H3. The lowest BCUT2D eigenvalue weighted by Gasteiger charge is -2.06. The first-order valence-corrected chi connectivity index (χ1v) is 8.97. The van der Waals surface area contributed by atoms with Gasteiger partial charge >= 0.3 is 0 Å². The maximum absolute atomic E-state index is 12.4. The van der Waals surface area contributed by atoms with Crippen LogP contribution < -0.4 is 10.0 Å². The minimum atomic E-state index is -3.56. The number of pyridine rings is 1. The van der Waals surface area contributed by atoms with Crippen LogP contribution >= 0.6 is 11.3 Å². The highest BCUT2D eigenvalue weighted by Crippen LogP contribution is 2.27. The van der Waals surface area contributed by atoms with E-state index in [0.29, 0.717) is 16.4 Å². The van der Waals surface area contributed by atoms with Crippen molar-refractivity contribution in [2.24, 2.45) is 0 Å². The lowest BCUT2D eigenvalue weighted by Crippen LogP contribution is -2.12. The molecule has 0 spiro atoms. The summed E-state index contributed by atoms with van der Waals surface area (Å²) >= 11 is 1.30. The van der Waals surface area contributed by atoms with Gasteiger partial charge in [0.05, 0.1) is 11.9 Å². The lowest BCUT2D eigenvalue weighted by molar-refractivity contribution is 0.603. The molecule has 114 valence electrons. The minimum absolute atomic E-state index is 0.328. The molecule has 0 unspecified atom stereocenters. The van der Waals surface area contributed by atoms with Gasteiger partial charge in [-0.15, -0.1) is 11.3 Å². The molecule has 0 saturated heterocycles. The summed E-state index contributed by atoms with van der Waals surface area (Å²) in [5, 5.41) is 3.21. The Kier molecular flexibility index (Phi) is 4.97. The van der Waals surface area contributed by atoms with Gasteiger partial charge < -0.3 is 5.32 Å². The molecule has 2 N–H and O–H groups in total.